The maximum atomic E-state index is 13.1. The summed E-state index contributed by atoms with van der Waals surface area (Å²) < 4.78 is 3.45. The van der Waals surface area contributed by atoms with E-state index in [4.69, 9.17) is 0 Å². The average Bonchev–Trinajstić information content (AvgIpc) is 3.41. The molecule has 7 nitrogen and oxygen atoms in total. The van der Waals surface area contributed by atoms with E-state index in [0.29, 0.717) is 17.8 Å². The second-order valence-corrected chi connectivity index (χ2v) is 7.62. The zero-order chi connectivity index (χ0) is 24.2. The van der Waals surface area contributed by atoms with Gasteiger partial charge in [-0.15, -0.1) is 0 Å². The molecule has 34 heavy (non-hydrogen) atoms. The summed E-state index contributed by atoms with van der Waals surface area (Å²) in [4.78, 5) is 29.7. The van der Waals surface area contributed by atoms with Gasteiger partial charge in [0.05, 0.1) is 22.4 Å². The van der Waals surface area contributed by atoms with Crippen molar-refractivity contribution < 1.29 is 4.79 Å². The number of aryl methyl sites for hydroxylation is 1. The second-order valence-electron chi connectivity index (χ2n) is 7.62. The number of carbonyl (C=O) groups is 1. The molecule has 0 atom stereocenters. The number of fused-ring (bicyclic) bond motifs is 3. The van der Waals surface area contributed by atoms with Gasteiger partial charge in [0.2, 0.25) is 5.91 Å². The van der Waals surface area contributed by atoms with E-state index in [1.165, 1.54) is 6.07 Å². The van der Waals surface area contributed by atoms with Gasteiger partial charge in [0.1, 0.15) is 0 Å². The quantitative estimate of drug-likeness (QED) is 0.369. The molecule has 0 saturated heterocycles. The number of nitrogens with one attached hydrogen (secondary N) is 1. The summed E-state index contributed by atoms with van der Waals surface area (Å²) in [5.74, 6) is -0.0750. The molecule has 5 rings (SSSR count). The Morgan fingerprint density at radius 1 is 1.03 bits per heavy atom. The minimum atomic E-state index is -0.161. The van der Waals surface area contributed by atoms with Crippen LogP contribution in [-0.2, 0) is 4.79 Å². The van der Waals surface area contributed by atoms with Crippen LogP contribution >= 0.6 is 0 Å². The monoisotopic (exact) mass is 453 g/mol. The van der Waals surface area contributed by atoms with E-state index >= 15 is 0 Å². The fraction of sp³-hybridized carbons (Fsp3) is 0.185. The van der Waals surface area contributed by atoms with E-state index in [-0.39, 0.29) is 11.5 Å². The highest BCUT2D eigenvalue weighted by Gasteiger charge is 2.13. The molecular formula is C27H27N5O2. The Balaban J connectivity index is 0.00000133. The lowest BCUT2D eigenvalue weighted by Crippen LogP contribution is -2.18. The Labute approximate surface area is 197 Å². The summed E-state index contributed by atoms with van der Waals surface area (Å²) in [5, 5.41) is 8.92. The molecule has 0 saturated carbocycles. The molecule has 0 unspecified atom stereocenters. The summed E-state index contributed by atoms with van der Waals surface area (Å²) in [6.07, 6.45) is 5.74. The summed E-state index contributed by atoms with van der Waals surface area (Å²) in [6, 6.07) is 16.7. The van der Waals surface area contributed by atoms with Crippen LogP contribution in [0.5, 0.6) is 0 Å². The smallest absolute Gasteiger partial charge is 0.255 e. The molecule has 0 aliphatic rings. The highest BCUT2D eigenvalue weighted by molar-refractivity contribution is 6.04. The molecule has 3 heterocycles. The molecule has 1 amide bonds. The van der Waals surface area contributed by atoms with Crippen molar-refractivity contribution in [3.8, 4) is 11.4 Å². The SMILES string of the molecule is CC.CCC(=O)Nc1cc(-n2c(=O)ccc3cnc4ccc(-n5cccn5)cc4c32)ccc1C. The first-order chi connectivity index (χ1) is 16.5. The van der Waals surface area contributed by atoms with E-state index in [9.17, 15) is 9.59 Å². The van der Waals surface area contributed by atoms with Crippen LogP contribution in [0.25, 0.3) is 33.2 Å². The highest BCUT2D eigenvalue weighted by atomic mass is 16.1. The van der Waals surface area contributed by atoms with Gasteiger partial charge >= 0.3 is 0 Å². The van der Waals surface area contributed by atoms with Crippen LogP contribution in [0, 0.1) is 6.92 Å². The highest BCUT2D eigenvalue weighted by Crippen LogP contribution is 2.28. The minimum absolute atomic E-state index is 0.0750. The van der Waals surface area contributed by atoms with E-state index in [1.54, 1.807) is 34.6 Å². The number of anilines is 1. The first-order valence-corrected chi connectivity index (χ1v) is 11.4. The van der Waals surface area contributed by atoms with Gasteiger partial charge in [0, 0.05) is 47.5 Å². The van der Waals surface area contributed by atoms with E-state index < -0.39 is 0 Å². The van der Waals surface area contributed by atoms with E-state index in [2.05, 4.69) is 15.4 Å². The first-order valence-electron chi connectivity index (χ1n) is 11.4. The Hall–Kier alpha value is -4.26. The summed E-state index contributed by atoms with van der Waals surface area (Å²) in [6.45, 7) is 7.73. The topological polar surface area (TPSA) is 81.8 Å². The zero-order valence-corrected chi connectivity index (χ0v) is 19.7. The van der Waals surface area contributed by atoms with Gasteiger partial charge in [-0.3, -0.25) is 19.1 Å². The van der Waals surface area contributed by atoms with Crippen molar-refractivity contribution in [2.45, 2.75) is 34.1 Å². The van der Waals surface area contributed by atoms with E-state index in [1.807, 2.05) is 69.4 Å². The number of nitrogens with zero attached hydrogens (tertiary/aromatic N) is 4. The second kappa shape index (κ2) is 9.70. The lowest BCUT2D eigenvalue weighted by molar-refractivity contribution is -0.115. The van der Waals surface area contributed by atoms with Crippen molar-refractivity contribution in [1.82, 2.24) is 19.3 Å². The van der Waals surface area contributed by atoms with Gasteiger partial charge in [-0.2, -0.15) is 5.10 Å². The van der Waals surface area contributed by atoms with Crippen LogP contribution in [0.3, 0.4) is 0 Å². The number of pyridine rings is 2. The number of amides is 1. The molecule has 0 radical (unpaired) electrons. The standard InChI is InChI=1S/C25H21N5O2.C2H6/c1-3-23(31)28-22-14-19(7-5-16(22)2)30-24(32)10-6-17-15-26-21-9-8-18(13-20(21)25(17)30)29-12-4-11-27-29;1-2/h4-15H,3H2,1-2H3,(H,28,31);1-2H3. The molecule has 0 bridgehead atoms. The largest absolute Gasteiger partial charge is 0.326 e. The maximum absolute atomic E-state index is 13.1. The fourth-order valence-corrected chi connectivity index (χ4v) is 3.84. The molecule has 0 aliphatic carbocycles. The van der Waals surface area contributed by atoms with Gasteiger partial charge in [-0.1, -0.05) is 26.8 Å². The summed E-state index contributed by atoms with van der Waals surface area (Å²) in [5.41, 5.74) is 4.54. The van der Waals surface area contributed by atoms with E-state index in [0.717, 1.165) is 33.1 Å². The van der Waals surface area contributed by atoms with Crippen LogP contribution in [0.15, 0.2) is 78.0 Å². The van der Waals surface area contributed by atoms with Gasteiger partial charge in [0.25, 0.3) is 5.56 Å². The lowest BCUT2D eigenvalue weighted by Gasteiger charge is -2.15. The Morgan fingerprint density at radius 3 is 2.56 bits per heavy atom. The van der Waals surface area contributed by atoms with Gasteiger partial charge < -0.3 is 5.32 Å². The van der Waals surface area contributed by atoms with Crippen molar-refractivity contribution in [2.24, 2.45) is 0 Å². The molecule has 3 aromatic heterocycles. The lowest BCUT2D eigenvalue weighted by atomic mass is 10.1. The van der Waals surface area contributed by atoms with Gasteiger partial charge in [-0.05, 0) is 55.0 Å². The van der Waals surface area contributed by atoms with Crippen molar-refractivity contribution >= 4 is 33.4 Å². The molecular weight excluding hydrogens is 426 g/mol. The first kappa shape index (κ1) is 22.9. The third-order valence-electron chi connectivity index (χ3n) is 5.54. The number of aromatic nitrogens is 4. The van der Waals surface area contributed by atoms with Gasteiger partial charge in [-0.25, -0.2) is 4.68 Å². The number of hydrogen-bond donors (Lipinski definition) is 1. The molecule has 0 spiro atoms. The fourth-order valence-electron chi connectivity index (χ4n) is 3.84. The van der Waals surface area contributed by atoms with Crippen molar-refractivity contribution in [3.05, 3.63) is 89.1 Å². The normalized spacial score (nSPS) is 10.7. The number of hydrogen-bond acceptors (Lipinski definition) is 4. The molecule has 0 aliphatic heterocycles. The third-order valence-corrected chi connectivity index (χ3v) is 5.54. The van der Waals surface area contributed by atoms with Gasteiger partial charge in [0.15, 0.2) is 0 Å². The molecule has 5 aromatic rings. The Kier molecular flexibility index (Phi) is 6.54. The predicted molar refractivity (Wildman–Crippen MR) is 137 cm³/mol. The molecule has 0 fully saturated rings. The van der Waals surface area contributed by atoms with Crippen LogP contribution in [0.2, 0.25) is 0 Å². The number of benzene rings is 2. The minimum Gasteiger partial charge on any atom is -0.326 e. The number of carbonyl (C=O) groups excluding carboxylic acids is 1. The van der Waals surface area contributed by atoms with Crippen molar-refractivity contribution in [3.63, 3.8) is 0 Å². The van der Waals surface area contributed by atoms with Crippen LogP contribution in [-0.4, -0.2) is 25.2 Å². The molecule has 1 N–H and O–H groups in total. The van der Waals surface area contributed by atoms with Crippen molar-refractivity contribution in [1.29, 1.82) is 0 Å². The molecule has 172 valence electrons. The summed E-state index contributed by atoms with van der Waals surface area (Å²) in [7, 11) is 0. The zero-order valence-electron chi connectivity index (χ0n) is 19.7. The Bertz CT molecular complexity index is 1530. The molecule has 7 heteroatoms. The summed E-state index contributed by atoms with van der Waals surface area (Å²) >= 11 is 0. The van der Waals surface area contributed by atoms with Crippen LogP contribution in [0.1, 0.15) is 32.8 Å². The maximum Gasteiger partial charge on any atom is 0.255 e. The van der Waals surface area contributed by atoms with Crippen LogP contribution < -0.4 is 10.9 Å². The predicted octanol–water partition coefficient (Wildman–Crippen LogP) is 5.41. The van der Waals surface area contributed by atoms with Crippen molar-refractivity contribution in [2.75, 3.05) is 5.32 Å². The van der Waals surface area contributed by atoms with Crippen LogP contribution in [0.4, 0.5) is 5.69 Å². The molecule has 2 aromatic carbocycles. The Morgan fingerprint density at radius 2 is 1.82 bits per heavy atom. The number of rotatable bonds is 4. The average molecular weight is 454 g/mol. The third kappa shape index (κ3) is 4.20.